The molecule has 7 heteroatoms. The summed E-state index contributed by atoms with van der Waals surface area (Å²) in [5.41, 5.74) is 0.607. The van der Waals surface area contributed by atoms with Crippen LogP contribution in [0.5, 0.6) is 0 Å². The van der Waals surface area contributed by atoms with Gasteiger partial charge in [0, 0.05) is 18.3 Å². The first-order valence-corrected chi connectivity index (χ1v) is 8.51. The smallest absolute Gasteiger partial charge is 0.240 e. The van der Waals surface area contributed by atoms with Crippen LogP contribution in [-0.4, -0.2) is 33.5 Å². The number of anilines is 1. The van der Waals surface area contributed by atoms with E-state index in [9.17, 15) is 13.2 Å². The van der Waals surface area contributed by atoms with Gasteiger partial charge in [0.05, 0.1) is 10.8 Å². The number of rotatable bonds is 5. The van der Waals surface area contributed by atoms with Gasteiger partial charge in [-0.2, -0.15) is 0 Å². The highest BCUT2D eigenvalue weighted by molar-refractivity contribution is 7.89. The van der Waals surface area contributed by atoms with E-state index in [4.69, 9.17) is 0 Å². The molecule has 1 aliphatic rings. The molecule has 1 atom stereocenters. The van der Waals surface area contributed by atoms with Gasteiger partial charge in [-0.1, -0.05) is 0 Å². The average Bonchev–Trinajstić information content (AvgIpc) is 2.91. The van der Waals surface area contributed by atoms with Crippen LogP contribution < -0.4 is 15.4 Å². The van der Waals surface area contributed by atoms with Crippen molar-refractivity contribution >= 4 is 21.6 Å². The van der Waals surface area contributed by atoms with Gasteiger partial charge in [-0.15, -0.1) is 0 Å². The first-order chi connectivity index (χ1) is 9.88. The maximum atomic E-state index is 12.0. The van der Waals surface area contributed by atoms with Gasteiger partial charge in [0.15, 0.2) is 0 Å². The fourth-order valence-corrected chi connectivity index (χ4v) is 3.47. The Balaban J connectivity index is 2.03. The van der Waals surface area contributed by atoms with Gasteiger partial charge in [-0.05, 0) is 51.1 Å². The van der Waals surface area contributed by atoms with Gasteiger partial charge in [0.25, 0.3) is 0 Å². The minimum absolute atomic E-state index is 0.0176. The van der Waals surface area contributed by atoms with Crippen LogP contribution in [0.4, 0.5) is 5.69 Å². The summed E-state index contributed by atoms with van der Waals surface area (Å²) in [5.74, 6) is -0.0491. The van der Waals surface area contributed by atoms with Crippen LogP contribution >= 0.6 is 0 Å². The van der Waals surface area contributed by atoms with E-state index in [-0.39, 0.29) is 22.8 Å². The minimum Gasteiger partial charge on any atom is -0.326 e. The van der Waals surface area contributed by atoms with Crippen molar-refractivity contribution in [3.63, 3.8) is 0 Å². The molecule has 1 aromatic carbocycles. The minimum atomic E-state index is -3.49. The van der Waals surface area contributed by atoms with Gasteiger partial charge in [0.2, 0.25) is 15.9 Å². The average molecular weight is 311 g/mol. The van der Waals surface area contributed by atoms with Crippen LogP contribution in [0, 0.1) is 5.92 Å². The van der Waals surface area contributed by atoms with E-state index in [1.54, 1.807) is 26.0 Å². The molecule has 0 radical (unpaired) electrons. The Morgan fingerprint density at radius 1 is 1.29 bits per heavy atom. The number of hydrogen-bond donors (Lipinski definition) is 3. The van der Waals surface area contributed by atoms with Crippen molar-refractivity contribution in [3.05, 3.63) is 24.3 Å². The highest BCUT2D eigenvalue weighted by atomic mass is 32.2. The monoisotopic (exact) mass is 311 g/mol. The SMILES string of the molecule is CC(C)NS(=O)(=O)c1ccc(NC(=O)C2CCNC2)cc1. The van der Waals surface area contributed by atoms with Crippen LogP contribution in [0.15, 0.2) is 29.2 Å². The second-order valence-electron chi connectivity index (χ2n) is 5.48. The van der Waals surface area contributed by atoms with E-state index in [0.29, 0.717) is 12.2 Å². The Bertz CT molecular complexity index is 590. The molecule has 1 aromatic rings. The molecule has 0 bridgehead atoms. The van der Waals surface area contributed by atoms with Gasteiger partial charge in [-0.3, -0.25) is 4.79 Å². The van der Waals surface area contributed by atoms with Crippen molar-refractivity contribution in [1.82, 2.24) is 10.0 Å². The summed E-state index contributed by atoms with van der Waals surface area (Å²) in [6.45, 7) is 5.08. The Hall–Kier alpha value is -1.44. The molecule has 2 rings (SSSR count). The van der Waals surface area contributed by atoms with Gasteiger partial charge in [-0.25, -0.2) is 13.1 Å². The summed E-state index contributed by atoms with van der Waals surface area (Å²) in [5, 5.41) is 5.95. The van der Waals surface area contributed by atoms with E-state index in [0.717, 1.165) is 13.0 Å². The molecule has 0 aromatic heterocycles. The zero-order chi connectivity index (χ0) is 15.5. The quantitative estimate of drug-likeness (QED) is 0.754. The molecule has 1 unspecified atom stereocenters. The molecule has 1 fully saturated rings. The lowest BCUT2D eigenvalue weighted by Gasteiger charge is -2.12. The third-order valence-electron chi connectivity index (χ3n) is 3.25. The maximum Gasteiger partial charge on any atom is 0.240 e. The lowest BCUT2D eigenvalue weighted by molar-refractivity contribution is -0.119. The molecule has 1 aliphatic heterocycles. The number of hydrogen-bond acceptors (Lipinski definition) is 4. The molecule has 1 saturated heterocycles. The van der Waals surface area contributed by atoms with Crippen LogP contribution in [-0.2, 0) is 14.8 Å². The second kappa shape index (κ2) is 6.55. The number of sulfonamides is 1. The van der Waals surface area contributed by atoms with Crippen molar-refractivity contribution in [3.8, 4) is 0 Å². The van der Waals surface area contributed by atoms with E-state index >= 15 is 0 Å². The number of benzene rings is 1. The van der Waals surface area contributed by atoms with Crippen molar-refractivity contribution < 1.29 is 13.2 Å². The van der Waals surface area contributed by atoms with Crippen LogP contribution in [0.25, 0.3) is 0 Å². The Morgan fingerprint density at radius 3 is 2.48 bits per heavy atom. The van der Waals surface area contributed by atoms with E-state index in [1.165, 1.54) is 12.1 Å². The first kappa shape index (κ1) is 15.9. The molecule has 0 saturated carbocycles. The molecular formula is C14H21N3O3S. The number of carbonyl (C=O) groups is 1. The Morgan fingerprint density at radius 2 is 1.95 bits per heavy atom. The number of carbonyl (C=O) groups excluding carboxylic acids is 1. The van der Waals surface area contributed by atoms with Crippen LogP contribution in [0.1, 0.15) is 20.3 Å². The third kappa shape index (κ3) is 4.26. The summed E-state index contributed by atoms with van der Waals surface area (Å²) in [7, 11) is -3.49. The molecule has 1 heterocycles. The molecular weight excluding hydrogens is 290 g/mol. The zero-order valence-corrected chi connectivity index (χ0v) is 13.0. The van der Waals surface area contributed by atoms with Crippen LogP contribution in [0.2, 0.25) is 0 Å². The summed E-state index contributed by atoms with van der Waals surface area (Å²) in [6, 6.07) is 6.04. The van der Waals surface area contributed by atoms with E-state index in [2.05, 4.69) is 15.4 Å². The summed E-state index contributed by atoms with van der Waals surface area (Å²) in [4.78, 5) is 12.2. The zero-order valence-electron chi connectivity index (χ0n) is 12.2. The van der Waals surface area contributed by atoms with Gasteiger partial charge < -0.3 is 10.6 Å². The largest absolute Gasteiger partial charge is 0.326 e. The normalized spacial score (nSPS) is 18.9. The highest BCUT2D eigenvalue weighted by Gasteiger charge is 2.22. The van der Waals surface area contributed by atoms with Gasteiger partial charge in [0.1, 0.15) is 0 Å². The summed E-state index contributed by atoms with van der Waals surface area (Å²) < 4.78 is 26.5. The predicted octanol–water partition coefficient (Wildman–Crippen LogP) is 0.921. The van der Waals surface area contributed by atoms with Crippen molar-refractivity contribution in [2.75, 3.05) is 18.4 Å². The highest BCUT2D eigenvalue weighted by Crippen LogP contribution is 2.16. The van der Waals surface area contributed by atoms with Crippen molar-refractivity contribution in [1.29, 1.82) is 0 Å². The third-order valence-corrected chi connectivity index (χ3v) is 4.93. The molecule has 0 spiro atoms. The molecule has 1 amide bonds. The fraction of sp³-hybridized carbons (Fsp3) is 0.500. The summed E-state index contributed by atoms with van der Waals surface area (Å²) in [6.07, 6.45) is 0.830. The maximum absolute atomic E-state index is 12.0. The van der Waals surface area contributed by atoms with Crippen LogP contribution in [0.3, 0.4) is 0 Å². The first-order valence-electron chi connectivity index (χ1n) is 7.02. The Kier molecular flexibility index (Phi) is 4.97. The number of nitrogens with one attached hydrogen (secondary N) is 3. The van der Waals surface area contributed by atoms with Gasteiger partial charge >= 0.3 is 0 Å². The van der Waals surface area contributed by atoms with Crippen molar-refractivity contribution in [2.24, 2.45) is 5.92 Å². The second-order valence-corrected chi connectivity index (χ2v) is 7.19. The predicted molar refractivity (Wildman–Crippen MR) is 81.5 cm³/mol. The van der Waals surface area contributed by atoms with Crippen molar-refractivity contribution in [2.45, 2.75) is 31.2 Å². The summed E-state index contributed by atoms with van der Waals surface area (Å²) >= 11 is 0. The molecule has 116 valence electrons. The van der Waals surface area contributed by atoms with E-state index < -0.39 is 10.0 Å². The molecule has 21 heavy (non-hydrogen) atoms. The fourth-order valence-electron chi connectivity index (χ4n) is 2.22. The molecule has 3 N–H and O–H groups in total. The topological polar surface area (TPSA) is 87.3 Å². The lowest BCUT2D eigenvalue weighted by atomic mass is 10.1. The van der Waals surface area contributed by atoms with E-state index in [1.807, 2.05) is 0 Å². The Labute approximate surface area is 125 Å². The molecule has 0 aliphatic carbocycles. The lowest BCUT2D eigenvalue weighted by Crippen LogP contribution is -2.30. The standard InChI is InChI=1S/C14H21N3O3S/c1-10(2)17-21(19,20)13-5-3-12(4-6-13)16-14(18)11-7-8-15-9-11/h3-6,10-11,15,17H,7-9H2,1-2H3,(H,16,18). The number of amides is 1. The molecule has 6 nitrogen and oxygen atoms in total.